The van der Waals surface area contributed by atoms with Gasteiger partial charge in [0.25, 0.3) is 0 Å². The van der Waals surface area contributed by atoms with E-state index in [0.29, 0.717) is 35.8 Å². The molecule has 0 unspecified atom stereocenters. The Hall–Kier alpha value is -3.42. The molecule has 4 rings (SSSR count). The summed E-state index contributed by atoms with van der Waals surface area (Å²) in [4.78, 5) is 12.1. The normalized spacial score (nSPS) is 11.8. The number of ether oxygens (including phenoxy) is 1. The topological polar surface area (TPSA) is 64.3 Å². The fourth-order valence-corrected chi connectivity index (χ4v) is 3.93. The quantitative estimate of drug-likeness (QED) is 0.349. The molecule has 0 aliphatic heterocycles. The van der Waals surface area contributed by atoms with E-state index >= 15 is 0 Å². The van der Waals surface area contributed by atoms with Crippen LogP contribution in [0.25, 0.3) is 11.1 Å². The van der Waals surface area contributed by atoms with Gasteiger partial charge in [-0.05, 0) is 34.4 Å². The van der Waals surface area contributed by atoms with Gasteiger partial charge in [0.1, 0.15) is 6.61 Å². The molecule has 1 amide bonds. The number of alkyl carbamates (subject to hydrolysis) is 1. The van der Waals surface area contributed by atoms with Crippen LogP contribution in [0, 0.1) is 11.8 Å². The van der Waals surface area contributed by atoms with E-state index in [1.165, 1.54) is 22.3 Å². The Bertz CT molecular complexity index is 1080. The summed E-state index contributed by atoms with van der Waals surface area (Å²) in [6.45, 7) is 0.676. The molecule has 4 nitrogen and oxygen atoms in total. The maximum absolute atomic E-state index is 12.1. The molecule has 0 fully saturated rings. The smallest absolute Gasteiger partial charge is 0.407 e. The van der Waals surface area contributed by atoms with Crippen LogP contribution in [-0.2, 0) is 4.74 Å². The van der Waals surface area contributed by atoms with Crippen LogP contribution in [0.3, 0.4) is 0 Å². The molecule has 150 valence electrons. The first-order valence-corrected chi connectivity index (χ1v) is 10.1. The van der Waals surface area contributed by atoms with Gasteiger partial charge in [-0.2, -0.15) is 0 Å². The molecule has 3 N–H and O–H groups in total. The van der Waals surface area contributed by atoms with E-state index in [4.69, 9.17) is 22.1 Å². The first-order chi connectivity index (χ1) is 14.6. The highest BCUT2D eigenvalue weighted by Gasteiger charge is 2.28. The van der Waals surface area contributed by atoms with E-state index < -0.39 is 6.09 Å². The molecule has 30 heavy (non-hydrogen) atoms. The fourth-order valence-electron chi connectivity index (χ4n) is 3.70. The lowest BCUT2D eigenvalue weighted by Crippen LogP contribution is -2.26. The second kappa shape index (κ2) is 8.94. The Balaban J connectivity index is 1.31. The van der Waals surface area contributed by atoms with Crippen LogP contribution in [0.2, 0.25) is 5.02 Å². The van der Waals surface area contributed by atoms with Crippen molar-refractivity contribution in [3.63, 3.8) is 0 Å². The predicted octanol–water partition coefficient (Wildman–Crippen LogP) is 5.20. The van der Waals surface area contributed by atoms with Crippen molar-refractivity contribution in [1.82, 2.24) is 5.32 Å². The van der Waals surface area contributed by atoms with Crippen molar-refractivity contribution in [2.75, 3.05) is 18.9 Å². The Kier molecular flexibility index (Phi) is 5.92. The fraction of sp³-hybridized carbons (Fsp3) is 0.160. The van der Waals surface area contributed by atoms with Gasteiger partial charge >= 0.3 is 6.09 Å². The van der Waals surface area contributed by atoms with E-state index in [2.05, 4.69) is 41.4 Å². The maximum Gasteiger partial charge on any atom is 0.407 e. The van der Waals surface area contributed by atoms with Crippen molar-refractivity contribution in [1.29, 1.82) is 0 Å². The van der Waals surface area contributed by atoms with E-state index in [1.807, 2.05) is 24.3 Å². The third-order valence-electron chi connectivity index (χ3n) is 5.12. The molecule has 5 heteroatoms. The van der Waals surface area contributed by atoms with Crippen LogP contribution in [0.5, 0.6) is 0 Å². The summed E-state index contributed by atoms with van der Waals surface area (Å²) in [7, 11) is 0. The average Bonchev–Trinajstić information content (AvgIpc) is 3.08. The monoisotopic (exact) mass is 416 g/mol. The number of hydrogen-bond donors (Lipinski definition) is 2. The lowest BCUT2D eigenvalue weighted by molar-refractivity contribution is 0.143. The number of nitrogen functional groups attached to an aromatic ring is 1. The lowest BCUT2D eigenvalue weighted by atomic mass is 9.98. The molecule has 0 spiro atoms. The number of anilines is 1. The molecule has 3 aromatic carbocycles. The molecule has 0 bridgehead atoms. The van der Waals surface area contributed by atoms with E-state index in [9.17, 15) is 4.79 Å². The summed E-state index contributed by atoms with van der Waals surface area (Å²) in [6.07, 6.45) is 0.0189. The van der Waals surface area contributed by atoms with Crippen LogP contribution < -0.4 is 11.1 Å². The summed E-state index contributed by atoms with van der Waals surface area (Å²) < 4.78 is 5.50. The lowest BCUT2D eigenvalue weighted by Gasteiger charge is -2.14. The Morgan fingerprint density at radius 2 is 1.67 bits per heavy atom. The van der Waals surface area contributed by atoms with Crippen molar-refractivity contribution in [2.45, 2.75) is 12.3 Å². The number of carbonyl (C=O) groups excluding carboxylic acids is 1. The molecule has 1 aliphatic rings. The molecule has 1 aliphatic carbocycles. The van der Waals surface area contributed by atoms with Crippen molar-refractivity contribution in [3.8, 4) is 23.0 Å². The second-order valence-electron chi connectivity index (χ2n) is 7.01. The van der Waals surface area contributed by atoms with Gasteiger partial charge in [-0.15, -0.1) is 0 Å². The molecule has 0 aromatic heterocycles. The van der Waals surface area contributed by atoms with Gasteiger partial charge in [0, 0.05) is 24.6 Å². The SMILES string of the molecule is Nc1cccc(Cl)c1C#CCCNC(=O)OCC1c2ccccc2-c2ccccc21. The molecule has 0 heterocycles. The summed E-state index contributed by atoms with van der Waals surface area (Å²) in [5.74, 6) is 5.98. The minimum Gasteiger partial charge on any atom is -0.449 e. The van der Waals surface area contributed by atoms with Crippen LogP contribution in [0.4, 0.5) is 10.5 Å². The molecular formula is C25H21ClN2O2. The first kappa shape index (κ1) is 19.9. The maximum atomic E-state index is 12.1. The predicted molar refractivity (Wildman–Crippen MR) is 120 cm³/mol. The zero-order valence-corrected chi connectivity index (χ0v) is 17.1. The zero-order valence-electron chi connectivity index (χ0n) is 16.3. The molecule has 0 radical (unpaired) electrons. The van der Waals surface area contributed by atoms with Crippen LogP contribution in [0.1, 0.15) is 29.0 Å². The standard InChI is InChI=1S/C25H21ClN2O2/c26-23-13-7-14-24(27)21(23)12-5-6-15-28-25(29)30-16-22-19-10-3-1-8-17(19)18-9-2-4-11-20(18)22/h1-4,7-11,13-14,22H,6,15-16,27H2,(H,28,29). The van der Waals surface area contributed by atoms with Gasteiger partial charge < -0.3 is 15.8 Å². The third-order valence-corrected chi connectivity index (χ3v) is 5.44. The van der Waals surface area contributed by atoms with E-state index in [0.717, 1.165) is 0 Å². The van der Waals surface area contributed by atoms with Crippen molar-refractivity contribution >= 4 is 23.4 Å². The number of halogens is 1. The zero-order chi connectivity index (χ0) is 20.9. The van der Waals surface area contributed by atoms with Crippen molar-refractivity contribution < 1.29 is 9.53 Å². The summed E-state index contributed by atoms with van der Waals surface area (Å²) >= 11 is 6.10. The molecular weight excluding hydrogens is 396 g/mol. The Morgan fingerprint density at radius 1 is 1.00 bits per heavy atom. The highest BCUT2D eigenvalue weighted by Crippen LogP contribution is 2.44. The van der Waals surface area contributed by atoms with Gasteiger partial charge in [0.2, 0.25) is 0 Å². The van der Waals surface area contributed by atoms with Gasteiger partial charge in [0.05, 0.1) is 10.6 Å². The van der Waals surface area contributed by atoms with Crippen molar-refractivity contribution in [2.24, 2.45) is 0 Å². The Morgan fingerprint density at radius 3 is 2.33 bits per heavy atom. The van der Waals surface area contributed by atoms with Gasteiger partial charge in [-0.1, -0.05) is 78.0 Å². The highest BCUT2D eigenvalue weighted by atomic mass is 35.5. The highest BCUT2D eigenvalue weighted by molar-refractivity contribution is 6.32. The van der Waals surface area contributed by atoms with Crippen LogP contribution in [-0.4, -0.2) is 19.2 Å². The number of amides is 1. The molecule has 0 saturated carbocycles. The minimum atomic E-state index is -0.448. The summed E-state index contributed by atoms with van der Waals surface area (Å²) in [5.41, 5.74) is 11.8. The van der Waals surface area contributed by atoms with E-state index in [-0.39, 0.29) is 5.92 Å². The first-order valence-electron chi connectivity index (χ1n) is 9.77. The number of nitrogens with two attached hydrogens (primary N) is 1. The van der Waals surface area contributed by atoms with Gasteiger partial charge in [0.15, 0.2) is 0 Å². The largest absolute Gasteiger partial charge is 0.449 e. The van der Waals surface area contributed by atoms with Gasteiger partial charge in [-0.3, -0.25) is 0 Å². The number of fused-ring (bicyclic) bond motifs is 3. The van der Waals surface area contributed by atoms with Crippen LogP contribution >= 0.6 is 11.6 Å². The summed E-state index contributed by atoms with van der Waals surface area (Å²) in [6, 6.07) is 21.8. The van der Waals surface area contributed by atoms with E-state index in [1.54, 1.807) is 18.2 Å². The molecule has 3 aromatic rings. The second-order valence-corrected chi connectivity index (χ2v) is 7.42. The summed E-state index contributed by atoms with van der Waals surface area (Å²) in [5, 5.41) is 3.26. The van der Waals surface area contributed by atoms with Crippen molar-refractivity contribution in [3.05, 3.63) is 88.4 Å². The molecule has 0 atom stereocenters. The number of rotatable bonds is 4. The number of hydrogen-bond acceptors (Lipinski definition) is 3. The minimum absolute atomic E-state index is 0.0474. The Labute approximate surface area is 181 Å². The average molecular weight is 417 g/mol. The molecule has 0 saturated heterocycles. The van der Waals surface area contributed by atoms with Gasteiger partial charge in [-0.25, -0.2) is 4.79 Å². The number of carbonyl (C=O) groups is 1. The number of benzene rings is 3. The third kappa shape index (κ3) is 4.12. The van der Waals surface area contributed by atoms with Crippen LogP contribution in [0.15, 0.2) is 66.7 Å². The number of nitrogens with one attached hydrogen (secondary N) is 1.